The highest BCUT2D eigenvalue weighted by atomic mass is 16.6. The van der Waals surface area contributed by atoms with E-state index < -0.39 is 30.1 Å². The van der Waals surface area contributed by atoms with Crippen molar-refractivity contribution in [1.29, 1.82) is 0 Å². The number of aromatic amines is 1. The van der Waals surface area contributed by atoms with E-state index in [-0.39, 0.29) is 23.7 Å². The predicted octanol–water partition coefficient (Wildman–Crippen LogP) is -2.07. The molecule has 0 aliphatic carbocycles. The summed E-state index contributed by atoms with van der Waals surface area (Å²) in [6.07, 6.45) is 3.90. The molecule has 5 N–H and O–H groups in total. The summed E-state index contributed by atoms with van der Waals surface area (Å²) in [5.74, 6) is -0.0977. The lowest BCUT2D eigenvalue weighted by Crippen LogP contribution is -2.33. The van der Waals surface area contributed by atoms with Crippen LogP contribution in [-0.4, -0.2) is 54.7 Å². The normalized spacial score (nSPS) is 27.9. The molecule has 1 aliphatic heterocycles. The van der Waals surface area contributed by atoms with Crippen LogP contribution in [0.4, 0.5) is 5.95 Å². The molecule has 22 heavy (non-hydrogen) atoms. The van der Waals surface area contributed by atoms with Crippen LogP contribution in [0.25, 0.3) is 11.2 Å². The second-order valence-electron chi connectivity index (χ2n) is 4.75. The Balaban J connectivity index is 1.98. The molecule has 2 aromatic heterocycles. The van der Waals surface area contributed by atoms with Gasteiger partial charge in [-0.15, -0.1) is 0 Å². The summed E-state index contributed by atoms with van der Waals surface area (Å²) in [6.45, 7) is -0.0893. The Bertz CT molecular complexity index is 793. The average molecular weight is 307 g/mol. The summed E-state index contributed by atoms with van der Waals surface area (Å²) in [4.78, 5) is 21.9. The zero-order valence-electron chi connectivity index (χ0n) is 11.2. The number of H-pyrrole nitrogens is 1. The SMILES string of the molecule is C#COC[C@H]1O[C@@H](n2cnc3c(=O)[nH]c(N)nc32)[C@H](O)[C@@H]1O. The summed E-state index contributed by atoms with van der Waals surface area (Å²) in [5, 5.41) is 20.1. The predicted molar refractivity (Wildman–Crippen MR) is 73.3 cm³/mol. The van der Waals surface area contributed by atoms with Crippen molar-refractivity contribution in [3.8, 4) is 12.5 Å². The van der Waals surface area contributed by atoms with Crippen LogP contribution in [0.5, 0.6) is 0 Å². The maximum atomic E-state index is 11.7. The van der Waals surface area contributed by atoms with Gasteiger partial charge >= 0.3 is 0 Å². The van der Waals surface area contributed by atoms with Crippen LogP contribution in [-0.2, 0) is 9.47 Å². The van der Waals surface area contributed by atoms with E-state index >= 15 is 0 Å². The fraction of sp³-hybridized carbons (Fsp3) is 0.417. The Hall–Kier alpha value is -2.61. The molecule has 10 heteroatoms. The fourth-order valence-corrected chi connectivity index (χ4v) is 2.36. The van der Waals surface area contributed by atoms with Crippen molar-refractivity contribution in [1.82, 2.24) is 19.5 Å². The first kappa shape index (κ1) is 14.3. The van der Waals surface area contributed by atoms with Gasteiger partial charge < -0.3 is 25.4 Å². The summed E-state index contributed by atoms with van der Waals surface area (Å²) in [5.41, 5.74) is 5.17. The van der Waals surface area contributed by atoms with Crippen molar-refractivity contribution < 1.29 is 19.7 Å². The minimum Gasteiger partial charge on any atom is -0.444 e. The highest BCUT2D eigenvalue weighted by molar-refractivity contribution is 5.70. The lowest BCUT2D eigenvalue weighted by atomic mass is 10.1. The van der Waals surface area contributed by atoms with Crippen LogP contribution in [0.1, 0.15) is 6.23 Å². The lowest BCUT2D eigenvalue weighted by Gasteiger charge is -2.16. The zero-order valence-corrected chi connectivity index (χ0v) is 11.2. The topological polar surface area (TPSA) is 149 Å². The molecule has 2 aromatic rings. The lowest BCUT2D eigenvalue weighted by molar-refractivity contribution is -0.0509. The second kappa shape index (κ2) is 5.30. The van der Waals surface area contributed by atoms with Crippen LogP contribution in [0.3, 0.4) is 0 Å². The molecule has 0 spiro atoms. The maximum Gasteiger partial charge on any atom is 0.280 e. The number of fused-ring (bicyclic) bond motifs is 1. The molecule has 0 amide bonds. The Morgan fingerprint density at radius 3 is 3.05 bits per heavy atom. The number of imidazole rings is 1. The Morgan fingerprint density at radius 2 is 2.32 bits per heavy atom. The van der Waals surface area contributed by atoms with Gasteiger partial charge in [0.2, 0.25) is 5.95 Å². The van der Waals surface area contributed by atoms with Gasteiger partial charge in [0.15, 0.2) is 17.4 Å². The van der Waals surface area contributed by atoms with Crippen molar-refractivity contribution in [3.05, 3.63) is 16.7 Å². The van der Waals surface area contributed by atoms with Crippen LogP contribution >= 0.6 is 0 Å². The quantitative estimate of drug-likeness (QED) is 0.472. The Kier molecular flexibility index (Phi) is 3.45. The van der Waals surface area contributed by atoms with Gasteiger partial charge in [0.05, 0.1) is 6.33 Å². The first-order valence-corrected chi connectivity index (χ1v) is 6.34. The maximum absolute atomic E-state index is 11.7. The number of terminal acetylenes is 1. The largest absolute Gasteiger partial charge is 0.444 e. The van der Waals surface area contributed by atoms with E-state index in [1.54, 1.807) is 0 Å². The third kappa shape index (κ3) is 2.17. The number of aliphatic hydroxyl groups excluding tert-OH is 2. The number of rotatable bonds is 3. The van der Waals surface area contributed by atoms with E-state index in [1.807, 2.05) is 6.11 Å². The minimum absolute atomic E-state index is 0.0443. The molecule has 10 nitrogen and oxygen atoms in total. The van der Waals surface area contributed by atoms with Crippen LogP contribution < -0.4 is 11.3 Å². The van der Waals surface area contributed by atoms with E-state index in [2.05, 4.69) is 15.0 Å². The van der Waals surface area contributed by atoms with Gasteiger partial charge in [0.25, 0.3) is 5.56 Å². The van der Waals surface area contributed by atoms with Crippen LogP contribution in [0.2, 0.25) is 0 Å². The fourth-order valence-electron chi connectivity index (χ4n) is 2.36. The van der Waals surface area contributed by atoms with Gasteiger partial charge in [-0.2, -0.15) is 4.98 Å². The molecule has 1 fully saturated rings. The zero-order chi connectivity index (χ0) is 15.9. The molecule has 0 unspecified atom stereocenters. The minimum atomic E-state index is -1.27. The molecule has 0 bridgehead atoms. The van der Waals surface area contributed by atoms with Gasteiger partial charge in [-0.3, -0.25) is 14.3 Å². The number of anilines is 1. The van der Waals surface area contributed by atoms with Gasteiger partial charge in [0, 0.05) is 0 Å². The molecule has 1 aliphatic rings. The molecule has 0 aromatic carbocycles. The third-order valence-corrected chi connectivity index (χ3v) is 3.39. The number of hydrogen-bond acceptors (Lipinski definition) is 8. The molecular formula is C12H13N5O5. The van der Waals surface area contributed by atoms with Crippen LogP contribution in [0, 0.1) is 12.5 Å². The average Bonchev–Trinajstić information content (AvgIpc) is 3.00. The number of ether oxygens (including phenoxy) is 2. The Morgan fingerprint density at radius 1 is 1.55 bits per heavy atom. The molecule has 4 atom stereocenters. The van der Waals surface area contributed by atoms with Crippen molar-refractivity contribution in [2.75, 3.05) is 12.3 Å². The number of hydrogen-bond donors (Lipinski definition) is 4. The first-order valence-electron chi connectivity index (χ1n) is 6.34. The van der Waals surface area contributed by atoms with E-state index in [0.717, 1.165) is 0 Å². The Labute approximate surface area is 123 Å². The van der Waals surface area contributed by atoms with E-state index in [0.29, 0.717) is 0 Å². The van der Waals surface area contributed by atoms with E-state index in [1.165, 1.54) is 10.9 Å². The van der Waals surface area contributed by atoms with Crippen LogP contribution in [0.15, 0.2) is 11.1 Å². The molecular weight excluding hydrogens is 294 g/mol. The molecule has 116 valence electrons. The second-order valence-corrected chi connectivity index (χ2v) is 4.75. The highest BCUT2D eigenvalue weighted by Gasteiger charge is 2.44. The van der Waals surface area contributed by atoms with Crippen molar-refractivity contribution in [3.63, 3.8) is 0 Å². The number of nitrogens with zero attached hydrogens (tertiary/aromatic N) is 3. The van der Waals surface area contributed by atoms with E-state index in [9.17, 15) is 15.0 Å². The van der Waals surface area contributed by atoms with E-state index in [4.69, 9.17) is 21.6 Å². The summed E-state index contributed by atoms with van der Waals surface area (Å²) < 4.78 is 11.6. The summed E-state index contributed by atoms with van der Waals surface area (Å²) in [6, 6.07) is 0. The molecule has 3 heterocycles. The monoisotopic (exact) mass is 307 g/mol. The highest BCUT2D eigenvalue weighted by Crippen LogP contribution is 2.31. The van der Waals surface area contributed by atoms with Crippen molar-refractivity contribution in [2.45, 2.75) is 24.5 Å². The molecule has 0 saturated carbocycles. The number of nitrogens with one attached hydrogen (secondary N) is 1. The number of aliphatic hydroxyl groups is 2. The van der Waals surface area contributed by atoms with Gasteiger partial charge in [-0.1, -0.05) is 6.42 Å². The van der Waals surface area contributed by atoms with Gasteiger partial charge in [0.1, 0.15) is 31.0 Å². The number of nitrogen functional groups attached to an aromatic ring is 1. The first-order chi connectivity index (χ1) is 10.5. The third-order valence-electron chi connectivity index (χ3n) is 3.39. The number of aromatic nitrogens is 4. The molecule has 3 rings (SSSR count). The van der Waals surface area contributed by atoms with Crippen molar-refractivity contribution in [2.24, 2.45) is 0 Å². The van der Waals surface area contributed by atoms with Gasteiger partial charge in [-0.25, -0.2) is 4.98 Å². The van der Waals surface area contributed by atoms with Gasteiger partial charge in [-0.05, 0) is 0 Å². The molecule has 1 saturated heterocycles. The summed E-state index contributed by atoms with van der Waals surface area (Å²) in [7, 11) is 0. The molecule has 0 radical (unpaired) electrons. The van der Waals surface area contributed by atoms with Crippen molar-refractivity contribution >= 4 is 17.1 Å². The number of nitrogens with two attached hydrogens (primary N) is 1. The smallest absolute Gasteiger partial charge is 0.280 e. The standard InChI is InChI=1S/C12H13N5O5/c1-2-21-3-5-7(18)8(19)11(22-5)17-4-14-6-9(17)15-12(13)16-10(6)20/h1,4-5,7-8,11,18-19H,3H2,(H3,13,15,16,20)/t5-,7-,8-,11-/m1/s1. The summed E-state index contributed by atoms with van der Waals surface area (Å²) >= 11 is 0.